The van der Waals surface area contributed by atoms with Gasteiger partial charge in [-0.3, -0.25) is 4.99 Å². The minimum Gasteiger partial charge on any atom is -0.309 e. The highest BCUT2D eigenvalue weighted by Gasteiger charge is 2.21. The Morgan fingerprint density at radius 2 is 1.02 bits per heavy atom. The maximum Gasteiger partial charge on any atom is 0.161 e. The van der Waals surface area contributed by atoms with E-state index in [2.05, 4.69) is 174 Å². The van der Waals surface area contributed by atoms with Crippen molar-refractivity contribution in [2.45, 2.75) is 6.54 Å². The van der Waals surface area contributed by atoms with E-state index in [-0.39, 0.29) is 0 Å². The highest BCUT2D eigenvalue weighted by molar-refractivity contribution is 6.31. The number of rotatable bonds is 6. The zero-order valence-corrected chi connectivity index (χ0v) is 30.7. The van der Waals surface area contributed by atoms with Gasteiger partial charge < -0.3 is 4.57 Å². The highest BCUT2D eigenvalue weighted by atomic mass is 15.0. The van der Waals surface area contributed by atoms with E-state index in [0.717, 1.165) is 49.6 Å². The molecule has 0 atom stereocenters. The van der Waals surface area contributed by atoms with E-state index in [1.54, 1.807) is 0 Å². The molecule has 0 aliphatic carbocycles. The van der Waals surface area contributed by atoms with Gasteiger partial charge in [-0.1, -0.05) is 164 Å². The third-order valence-corrected chi connectivity index (χ3v) is 10.8. The van der Waals surface area contributed by atoms with E-state index in [0.29, 0.717) is 18.2 Å². The lowest BCUT2D eigenvalue weighted by Gasteiger charge is -2.18. The number of benzene rings is 9. The van der Waals surface area contributed by atoms with Gasteiger partial charge in [0.05, 0.1) is 17.6 Å². The third-order valence-electron chi connectivity index (χ3n) is 10.8. The first-order valence-corrected chi connectivity index (χ1v) is 18.9. The van der Waals surface area contributed by atoms with Gasteiger partial charge in [0.1, 0.15) is 0 Å². The van der Waals surface area contributed by atoms with Crippen LogP contribution in [0.15, 0.2) is 209 Å². The van der Waals surface area contributed by atoms with Crippen LogP contribution in [0.1, 0.15) is 16.7 Å². The summed E-state index contributed by atoms with van der Waals surface area (Å²) in [6.45, 7) is 4.42. The predicted octanol–water partition coefficient (Wildman–Crippen LogP) is 13.0. The Labute approximate surface area is 325 Å². The Morgan fingerprint density at radius 1 is 0.446 bits per heavy atom. The molecule has 0 fully saturated rings. The van der Waals surface area contributed by atoms with Gasteiger partial charge in [0.25, 0.3) is 0 Å². The second-order valence-corrected chi connectivity index (χ2v) is 14.0. The number of aliphatic imine (C=N–C) groups is 3. The molecule has 264 valence electrons. The number of aromatic nitrogens is 1. The molecule has 0 saturated carbocycles. The van der Waals surface area contributed by atoms with Gasteiger partial charge in [-0.15, -0.1) is 0 Å². The first-order chi connectivity index (χ1) is 27.7. The summed E-state index contributed by atoms with van der Waals surface area (Å²) in [7, 11) is 0. The molecule has 1 heterocycles. The van der Waals surface area contributed by atoms with E-state index in [1.165, 1.54) is 38.1 Å². The van der Waals surface area contributed by atoms with E-state index >= 15 is 0 Å². The molecular weight excluding hydrogens is 681 g/mol. The van der Waals surface area contributed by atoms with Crippen LogP contribution in [0.25, 0.3) is 70.9 Å². The molecule has 1 aromatic heterocycles. The van der Waals surface area contributed by atoms with Gasteiger partial charge in [0.2, 0.25) is 0 Å². The quantitative estimate of drug-likeness (QED) is 0.0934. The summed E-state index contributed by atoms with van der Waals surface area (Å²) in [5.74, 6) is 1.12. The summed E-state index contributed by atoms with van der Waals surface area (Å²) >= 11 is 0. The van der Waals surface area contributed by atoms with E-state index in [9.17, 15) is 0 Å². The molecule has 0 amide bonds. The topological polar surface area (TPSA) is 42.0 Å². The lowest BCUT2D eigenvalue weighted by molar-refractivity contribution is 1.06. The fourth-order valence-electron chi connectivity index (χ4n) is 8.19. The Kier molecular flexibility index (Phi) is 8.34. The maximum absolute atomic E-state index is 5.34. The van der Waals surface area contributed by atoms with Crippen molar-refractivity contribution in [3.63, 3.8) is 0 Å². The van der Waals surface area contributed by atoms with Crippen molar-refractivity contribution < 1.29 is 0 Å². The number of fused-ring (bicyclic) bond motifs is 9. The Balaban J connectivity index is 1.33. The second kappa shape index (κ2) is 14.1. The lowest BCUT2D eigenvalue weighted by Crippen LogP contribution is -2.08. The average Bonchev–Trinajstić information content (AvgIpc) is 3.61. The van der Waals surface area contributed by atoms with Crippen molar-refractivity contribution in [3.8, 4) is 16.8 Å². The normalized spacial score (nSPS) is 12.3. The van der Waals surface area contributed by atoms with Crippen molar-refractivity contribution in [3.05, 3.63) is 211 Å². The molecule has 10 rings (SSSR count). The molecule has 0 radical (unpaired) electrons. The van der Waals surface area contributed by atoms with Gasteiger partial charge in [-0.25, -0.2) is 9.98 Å². The first-order valence-electron chi connectivity index (χ1n) is 18.9. The number of hydrogen-bond donors (Lipinski definition) is 0. The Morgan fingerprint density at radius 3 is 1.73 bits per heavy atom. The van der Waals surface area contributed by atoms with Gasteiger partial charge in [-0.05, 0) is 80.7 Å². The predicted molar refractivity (Wildman–Crippen MR) is 238 cm³/mol. The van der Waals surface area contributed by atoms with Crippen LogP contribution in [0.4, 0.5) is 0 Å². The van der Waals surface area contributed by atoms with Crippen molar-refractivity contribution >= 4 is 72.5 Å². The molecule has 0 aliphatic rings. The summed E-state index contributed by atoms with van der Waals surface area (Å²) in [5, 5.41) is 9.34. The minimum absolute atomic E-state index is 0.452. The molecular formula is C52H36N4. The van der Waals surface area contributed by atoms with Crippen LogP contribution in [0.5, 0.6) is 0 Å². The molecule has 0 unspecified atom stereocenters. The van der Waals surface area contributed by atoms with Gasteiger partial charge in [0.15, 0.2) is 11.7 Å². The SMILES string of the molecule is C=N/C(=N\C(=N/Cc1ccccc1)c1cc(-n2c3ccccc3c3cc(-c4ccccc4)ccc32)cc2c3ccccc3c3ccccc3c12)c1ccccc1. The van der Waals surface area contributed by atoms with Crippen LogP contribution in [0, 0.1) is 0 Å². The van der Waals surface area contributed by atoms with Crippen LogP contribution in [0.2, 0.25) is 0 Å². The van der Waals surface area contributed by atoms with Crippen LogP contribution < -0.4 is 0 Å². The van der Waals surface area contributed by atoms with Gasteiger partial charge in [-0.2, -0.15) is 0 Å². The third kappa shape index (κ3) is 5.76. The Bertz CT molecular complexity index is 3160. The summed E-state index contributed by atoms with van der Waals surface area (Å²) in [5.41, 5.74) is 8.58. The maximum atomic E-state index is 5.34. The van der Waals surface area contributed by atoms with E-state index in [4.69, 9.17) is 9.98 Å². The highest BCUT2D eigenvalue weighted by Crippen LogP contribution is 2.41. The summed E-state index contributed by atoms with van der Waals surface area (Å²) in [6.07, 6.45) is 0. The second-order valence-electron chi connectivity index (χ2n) is 14.0. The van der Waals surface area contributed by atoms with Gasteiger partial charge >= 0.3 is 0 Å². The largest absolute Gasteiger partial charge is 0.309 e. The number of hydrogen-bond acceptors (Lipinski definition) is 1. The number of amidine groups is 2. The standard InChI is InChI=1S/C52H36N4/c1-53-51(37-21-9-4-10-22-37)55-52(54-34-35-17-5-2-6-18-35)47-33-39(32-46-42-25-12-11-23-40(42)41-24-13-14-27-44(41)50(46)47)56-48-28-16-15-26-43(48)45-31-38(29-30-49(45)56)36-19-7-3-8-20-36/h2-33H,1,34H2/b54-52-,55-51-. The Hall–Kier alpha value is -7.43. The number of nitrogens with zero attached hydrogens (tertiary/aromatic N) is 4. The molecule has 0 bridgehead atoms. The smallest absolute Gasteiger partial charge is 0.161 e. The molecule has 9 aromatic carbocycles. The molecule has 0 spiro atoms. The molecule has 0 N–H and O–H groups in total. The monoisotopic (exact) mass is 716 g/mol. The molecule has 0 aliphatic heterocycles. The van der Waals surface area contributed by atoms with Crippen molar-refractivity contribution in [1.29, 1.82) is 0 Å². The van der Waals surface area contributed by atoms with Crippen LogP contribution >= 0.6 is 0 Å². The zero-order chi connectivity index (χ0) is 37.4. The molecule has 4 nitrogen and oxygen atoms in total. The summed E-state index contributed by atoms with van der Waals surface area (Å²) in [6, 6.07) is 68.5. The molecule has 4 heteroatoms. The van der Waals surface area contributed by atoms with Crippen molar-refractivity contribution in [1.82, 2.24) is 4.57 Å². The average molecular weight is 717 g/mol. The van der Waals surface area contributed by atoms with Crippen molar-refractivity contribution in [2.24, 2.45) is 15.0 Å². The minimum atomic E-state index is 0.452. The first kappa shape index (κ1) is 33.2. The summed E-state index contributed by atoms with van der Waals surface area (Å²) in [4.78, 5) is 15.1. The van der Waals surface area contributed by atoms with E-state index < -0.39 is 0 Å². The van der Waals surface area contributed by atoms with Crippen LogP contribution in [-0.4, -0.2) is 23.0 Å². The fourth-order valence-corrected chi connectivity index (χ4v) is 8.19. The van der Waals surface area contributed by atoms with Gasteiger partial charge in [0, 0.05) is 33.0 Å². The molecule has 56 heavy (non-hydrogen) atoms. The van der Waals surface area contributed by atoms with Crippen LogP contribution in [0.3, 0.4) is 0 Å². The lowest BCUT2D eigenvalue weighted by atomic mass is 9.90. The molecule has 10 aromatic rings. The zero-order valence-electron chi connectivity index (χ0n) is 30.7. The van der Waals surface area contributed by atoms with Crippen molar-refractivity contribution in [2.75, 3.05) is 0 Å². The van der Waals surface area contributed by atoms with Crippen LogP contribution in [-0.2, 0) is 6.54 Å². The van der Waals surface area contributed by atoms with E-state index in [1.807, 2.05) is 36.4 Å². The fraction of sp³-hybridized carbons (Fsp3) is 0.0192. The molecule has 0 saturated heterocycles. The summed E-state index contributed by atoms with van der Waals surface area (Å²) < 4.78 is 2.40. The number of para-hydroxylation sites is 1.